The highest BCUT2D eigenvalue weighted by Gasteiger charge is 2.46. The number of amides is 2. The summed E-state index contributed by atoms with van der Waals surface area (Å²) in [6, 6.07) is 18.0. The van der Waals surface area contributed by atoms with Crippen LogP contribution in [0.25, 0.3) is 16.6 Å². The van der Waals surface area contributed by atoms with Crippen molar-refractivity contribution >= 4 is 40.0 Å². The zero-order valence-electron chi connectivity index (χ0n) is 31.5. The van der Waals surface area contributed by atoms with Gasteiger partial charge in [-0.3, -0.25) is 24.3 Å². The summed E-state index contributed by atoms with van der Waals surface area (Å²) in [6.45, 7) is 8.82. The molecule has 0 bridgehead atoms. The number of piperidine rings is 3. The van der Waals surface area contributed by atoms with Gasteiger partial charge in [-0.25, -0.2) is 4.39 Å². The number of carbonyl (C=O) groups is 2. The molecule has 5 aliphatic rings. The highest BCUT2D eigenvalue weighted by molar-refractivity contribution is 6.35. The smallest absolute Gasteiger partial charge is 0.282 e. The Morgan fingerprint density at radius 1 is 0.852 bits per heavy atom. The SMILES string of the molecule is CC.O=C1CCC(c2ccc(N3CCC(CN4CCC(c5ccc6c(c5)-n5c(nc(=O)c7c(Cl)cccc75)C65CCCCC5)CC4)CC3)c(F)c2)C(=O)N1. The first-order valence-electron chi connectivity index (χ1n) is 20.3. The third kappa shape index (κ3) is 6.55. The second-order valence-corrected chi connectivity index (χ2v) is 16.3. The average molecular weight is 752 g/mol. The zero-order valence-corrected chi connectivity index (χ0v) is 32.3. The highest BCUT2D eigenvalue weighted by Crippen LogP contribution is 2.52. The Hall–Kier alpha value is -4.08. The highest BCUT2D eigenvalue weighted by atomic mass is 35.5. The Morgan fingerprint density at radius 3 is 2.31 bits per heavy atom. The van der Waals surface area contributed by atoms with Gasteiger partial charge in [0.2, 0.25) is 11.8 Å². The molecule has 1 aliphatic carbocycles. The second-order valence-electron chi connectivity index (χ2n) is 15.8. The molecule has 3 aromatic carbocycles. The van der Waals surface area contributed by atoms with Crippen molar-refractivity contribution in [2.45, 2.75) is 102 Å². The fourth-order valence-electron chi connectivity index (χ4n) is 10.1. The van der Waals surface area contributed by atoms with Crippen LogP contribution in [-0.2, 0) is 15.0 Å². The maximum absolute atomic E-state index is 15.3. The summed E-state index contributed by atoms with van der Waals surface area (Å²) in [6.07, 6.45) is 10.5. The molecule has 4 fully saturated rings. The first-order chi connectivity index (χ1) is 26.3. The van der Waals surface area contributed by atoms with Crippen LogP contribution in [-0.4, -0.2) is 59.0 Å². The molecule has 1 aromatic heterocycles. The number of aromatic nitrogens is 2. The molecule has 8 nitrogen and oxygen atoms in total. The maximum Gasteiger partial charge on any atom is 0.282 e. The van der Waals surface area contributed by atoms with Crippen LogP contribution in [0.4, 0.5) is 10.1 Å². The lowest BCUT2D eigenvalue weighted by Crippen LogP contribution is -2.41. The van der Waals surface area contributed by atoms with Crippen LogP contribution in [0.5, 0.6) is 0 Å². The summed E-state index contributed by atoms with van der Waals surface area (Å²) in [5.74, 6) is 0.575. The molecule has 1 spiro atoms. The quantitative estimate of drug-likeness (QED) is 0.206. The topological polar surface area (TPSA) is 87.5 Å². The lowest BCUT2D eigenvalue weighted by molar-refractivity contribution is -0.134. The predicted molar refractivity (Wildman–Crippen MR) is 212 cm³/mol. The monoisotopic (exact) mass is 751 g/mol. The summed E-state index contributed by atoms with van der Waals surface area (Å²) >= 11 is 6.59. The van der Waals surface area contributed by atoms with E-state index in [1.807, 2.05) is 32.0 Å². The van der Waals surface area contributed by atoms with E-state index in [0.717, 1.165) is 95.4 Å². The van der Waals surface area contributed by atoms with E-state index < -0.39 is 5.92 Å². The molecule has 1 unspecified atom stereocenters. The number of likely N-dealkylation sites (tertiary alicyclic amines) is 1. The number of hydrogen-bond acceptors (Lipinski definition) is 6. The van der Waals surface area contributed by atoms with Gasteiger partial charge in [-0.2, -0.15) is 4.98 Å². The average Bonchev–Trinajstić information content (AvgIpc) is 3.44. The molecular weight excluding hydrogens is 701 g/mol. The van der Waals surface area contributed by atoms with Crippen LogP contribution in [0.3, 0.4) is 0 Å². The molecule has 1 atom stereocenters. The Labute approximate surface area is 322 Å². The van der Waals surface area contributed by atoms with E-state index in [2.05, 4.69) is 37.9 Å². The minimum Gasteiger partial charge on any atom is -0.369 e. The Balaban J connectivity index is 0.00000203. The number of halogens is 2. The van der Waals surface area contributed by atoms with E-state index in [4.69, 9.17) is 16.6 Å². The third-order valence-electron chi connectivity index (χ3n) is 12.9. The van der Waals surface area contributed by atoms with Gasteiger partial charge in [0, 0.05) is 26.1 Å². The van der Waals surface area contributed by atoms with Gasteiger partial charge in [0.25, 0.3) is 5.56 Å². The molecule has 4 aliphatic heterocycles. The summed E-state index contributed by atoms with van der Waals surface area (Å²) in [7, 11) is 0. The second kappa shape index (κ2) is 15.2. The molecule has 1 N–H and O–H groups in total. The van der Waals surface area contributed by atoms with E-state index in [9.17, 15) is 14.4 Å². The summed E-state index contributed by atoms with van der Waals surface area (Å²) in [5, 5.41) is 3.34. The van der Waals surface area contributed by atoms with Crippen molar-refractivity contribution in [3.8, 4) is 5.69 Å². The summed E-state index contributed by atoms with van der Waals surface area (Å²) in [4.78, 5) is 46.7. The van der Waals surface area contributed by atoms with Crippen molar-refractivity contribution in [3.63, 3.8) is 0 Å². The number of anilines is 1. The van der Waals surface area contributed by atoms with Gasteiger partial charge in [-0.15, -0.1) is 0 Å². The summed E-state index contributed by atoms with van der Waals surface area (Å²) in [5.41, 5.74) is 5.49. The Kier molecular flexibility index (Phi) is 10.4. The van der Waals surface area contributed by atoms with Crippen molar-refractivity contribution in [2.24, 2.45) is 5.92 Å². The van der Waals surface area contributed by atoms with E-state index in [1.54, 1.807) is 12.1 Å². The minimum atomic E-state index is -0.478. The van der Waals surface area contributed by atoms with Gasteiger partial charge in [-0.05, 0) is 117 Å². The molecule has 2 amide bonds. The molecule has 5 heterocycles. The molecule has 1 saturated carbocycles. The van der Waals surface area contributed by atoms with E-state index in [1.165, 1.54) is 29.3 Å². The van der Waals surface area contributed by atoms with Crippen molar-refractivity contribution in [2.75, 3.05) is 37.6 Å². The maximum atomic E-state index is 15.3. The zero-order chi connectivity index (χ0) is 37.6. The first kappa shape index (κ1) is 36.9. The number of hydrogen-bond donors (Lipinski definition) is 1. The third-order valence-corrected chi connectivity index (χ3v) is 13.2. The van der Waals surface area contributed by atoms with Crippen molar-refractivity contribution in [1.29, 1.82) is 0 Å². The first-order valence-corrected chi connectivity index (χ1v) is 20.6. The lowest BCUT2D eigenvalue weighted by atomic mass is 9.69. The minimum absolute atomic E-state index is 0.217. The molecular formula is C44H51ClFN5O3. The molecule has 3 saturated heterocycles. The molecule has 10 heteroatoms. The number of nitrogens with zero attached hydrogens (tertiary/aromatic N) is 4. The van der Waals surface area contributed by atoms with Crippen molar-refractivity contribution in [1.82, 2.24) is 19.8 Å². The van der Waals surface area contributed by atoms with Crippen LogP contribution < -0.4 is 15.8 Å². The van der Waals surface area contributed by atoms with E-state index in [0.29, 0.717) is 39.9 Å². The van der Waals surface area contributed by atoms with Crippen LogP contribution in [0.15, 0.2) is 59.4 Å². The number of fused-ring (bicyclic) bond motifs is 7. The molecule has 284 valence electrons. The van der Waals surface area contributed by atoms with Crippen LogP contribution in [0, 0.1) is 11.7 Å². The van der Waals surface area contributed by atoms with Gasteiger partial charge in [0.05, 0.1) is 38.6 Å². The molecule has 54 heavy (non-hydrogen) atoms. The predicted octanol–water partition coefficient (Wildman–Crippen LogP) is 8.38. The van der Waals surface area contributed by atoms with Crippen molar-refractivity contribution < 1.29 is 14.0 Å². The fraction of sp³-hybridized carbons (Fsp3) is 0.500. The normalized spacial score (nSPS) is 21.8. The van der Waals surface area contributed by atoms with E-state index in [-0.39, 0.29) is 35.0 Å². The van der Waals surface area contributed by atoms with Gasteiger partial charge >= 0.3 is 0 Å². The van der Waals surface area contributed by atoms with Crippen LogP contribution in [0.1, 0.15) is 119 Å². The number of carbonyl (C=O) groups excluding carboxylic acids is 2. The number of nitrogens with one attached hydrogen (secondary N) is 1. The number of benzene rings is 3. The standard InChI is InChI=1S/C42H45ClFN5O3.C2H6/c43-32-5-4-6-35-38(32)40(52)46-41-42(17-2-1-3-18-42)31-10-7-28(24-36(31)49(35)41)27-15-19-47(20-16-27)25-26-13-21-48(22-14-26)34-11-8-29(23-33(34)44)30-9-12-37(50)45-39(30)51;1-2/h4-8,10-11,23-24,26-27,30H,1-3,9,12-22,25H2,(H,45,50,51);1-2H3. The van der Waals surface area contributed by atoms with Gasteiger partial charge in [-0.1, -0.05) is 69.0 Å². The van der Waals surface area contributed by atoms with Gasteiger partial charge < -0.3 is 9.80 Å². The Bertz CT molecular complexity index is 2130. The van der Waals surface area contributed by atoms with E-state index >= 15 is 4.39 Å². The number of imide groups is 1. The number of rotatable bonds is 5. The van der Waals surface area contributed by atoms with Gasteiger partial charge in [0.15, 0.2) is 0 Å². The molecule has 4 aromatic rings. The van der Waals surface area contributed by atoms with Crippen LogP contribution in [0.2, 0.25) is 5.02 Å². The largest absolute Gasteiger partial charge is 0.369 e. The fourth-order valence-corrected chi connectivity index (χ4v) is 10.4. The summed E-state index contributed by atoms with van der Waals surface area (Å²) < 4.78 is 17.6. The lowest BCUT2D eigenvalue weighted by Gasteiger charge is -2.38. The van der Waals surface area contributed by atoms with Crippen molar-refractivity contribution in [3.05, 3.63) is 98.3 Å². The Morgan fingerprint density at radius 2 is 1.59 bits per heavy atom. The van der Waals surface area contributed by atoms with Crippen LogP contribution >= 0.6 is 11.6 Å². The molecule has 0 radical (unpaired) electrons. The van der Waals surface area contributed by atoms with Gasteiger partial charge in [0.1, 0.15) is 11.6 Å². The molecule has 9 rings (SSSR count).